The first-order valence-electron chi connectivity index (χ1n) is 5.52. The minimum Gasteiger partial charge on any atom is -0.395 e. The Labute approximate surface area is 96.3 Å². The first-order chi connectivity index (χ1) is 7.08. The predicted octanol–water partition coefficient (Wildman–Crippen LogP) is 2.79. The van der Waals surface area contributed by atoms with Crippen LogP contribution in [-0.2, 0) is 0 Å². The largest absolute Gasteiger partial charge is 0.395 e. The lowest BCUT2D eigenvalue weighted by atomic mass is 10.1. The zero-order chi connectivity index (χ0) is 11.4. The summed E-state index contributed by atoms with van der Waals surface area (Å²) < 4.78 is 0. The molecular formula is C12H21NOS. The average Bonchev–Trinajstić information content (AvgIpc) is 2.54. The Bertz CT molecular complexity index is 305. The van der Waals surface area contributed by atoms with E-state index in [1.807, 2.05) is 11.3 Å². The highest BCUT2D eigenvalue weighted by atomic mass is 32.1. The molecule has 2 N–H and O–H groups in total. The van der Waals surface area contributed by atoms with Gasteiger partial charge in [-0.05, 0) is 38.8 Å². The van der Waals surface area contributed by atoms with Crippen LogP contribution in [0.3, 0.4) is 0 Å². The summed E-state index contributed by atoms with van der Waals surface area (Å²) in [6.45, 7) is 8.75. The van der Waals surface area contributed by atoms with Crippen molar-refractivity contribution in [3.63, 3.8) is 0 Å². The number of rotatable bonds is 5. The normalized spacial score (nSPS) is 15.3. The van der Waals surface area contributed by atoms with Crippen molar-refractivity contribution in [1.29, 1.82) is 0 Å². The van der Waals surface area contributed by atoms with Crippen LogP contribution in [0.4, 0.5) is 0 Å². The maximum Gasteiger partial charge on any atom is 0.0584 e. The molecule has 1 aromatic heterocycles. The highest BCUT2D eigenvalue weighted by Crippen LogP contribution is 2.26. The fraction of sp³-hybridized carbons (Fsp3) is 0.667. The molecule has 3 heteroatoms. The second kappa shape index (κ2) is 5.64. The van der Waals surface area contributed by atoms with Crippen LogP contribution in [-0.4, -0.2) is 17.8 Å². The van der Waals surface area contributed by atoms with Crippen molar-refractivity contribution in [2.24, 2.45) is 0 Å². The van der Waals surface area contributed by atoms with Gasteiger partial charge in [0.1, 0.15) is 0 Å². The topological polar surface area (TPSA) is 32.3 Å². The molecular weight excluding hydrogens is 206 g/mol. The third-order valence-electron chi connectivity index (χ3n) is 2.74. The SMILES string of the molecule is CC[C@H](CO)NC(C)c1cc(C)sc1C. The van der Waals surface area contributed by atoms with E-state index in [4.69, 9.17) is 5.11 Å². The zero-order valence-electron chi connectivity index (χ0n) is 10.0. The molecule has 0 amide bonds. The minimum absolute atomic E-state index is 0.208. The van der Waals surface area contributed by atoms with Gasteiger partial charge < -0.3 is 10.4 Å². The molecule has 2 atom stereocenters. The number of hydrogen-bond acceptors (Lipinski definition) is 3. The molecule has 86 valence electrons. The van der Waals surface area contributed by atoms with Crippen LogP contribution in [0.25, 0.3) is 0 Å². The first kappa shape index (κ1) is 12.7. The summed E-state index contributed by atoms with van der Waals surface area (Å²) in [5.41, 5.74) is 1.37. The first-order valence-corrected chi connectivity index (χ1v) is 6.34. The van der Waals surface area contributed by atoms with Crippen molar-refractivity contribution in [2.45, 2.75) is 46.2 Å². The molecule has 0 aliphatic heterocycles. The second-order valence-corrected chi connectivity index (χ2v) is 5.51. The van der Waals surface area contributed by atoms with Gasteiger partial charge in [-0.2, -0.15) is 0 Å². The third kappa shape index (κ3) is 3.30. The summed E-state index contributed by atoms with van der Waals surface area (Å²) in [5.74, 6) is 0. The molecule has 0 radical (unpaired) electrons. The quantitative estimate of drug-likeness (QED) is 0.810. The molecule has 0 aromatic carbocycles. The lowest BCUT2D eigenvalue weighted by Crippen LogP contribution is -2.33. The molecule has 1 aromatic rings. The van der Waals surface area contributed by atoms with E-state index < -0.39 is 0 Å². The fourth-order valence-electron chi connectivity index (χ4n) is 1.82. The van der Waals surface area contributed by atoms with Crippen molar-refractivity contribution >= 4 is 11.3 Å². The highest BCUT2D eigenvalue weighted by Gasteiger charge is 2.14. The third-order valence-corrected chi connectivity index (χ3v) is 3.73. The minimum atomic E-state index is 0.208. The van der Waals surface area contributed by atoms with Crippen LogP contribution in [0, 0.1) is 13.8 Å². The Balaban J connectivity index is 2.67. The molecule has 0 fully saturated rings. The van der Waals surface area contributed by atoms with Gasteiger partial charge >= 0.3 is 0 Å². The molecule has 0 bridgehead atoms. The maximum absolute atomic E-state index is 9.14. The van der Waals surface area contributed by atoms with Crippen LogP contribution in [0.1, 0.15) is 41.6 Å². The molecule has 1 heterocycles. The number of aliphatic hydroxyl groups excluding tert-OH is 1. The molecule has 0 aliphatic rings. The van der Waals surface area contributed by atoms with Crippen molar-refractivity contribution < 1.29 is 5.11 Å². The Kier molecular flexibility index (Phi) is 4.77. The summed E-state index contributed by atoms with van der Waals surface area (Å²) in [7, 11) is 0. The van der Waals surface area contributed by atoms with Gasteiger partial charge in [-0.25, -0.2) is 0 Å². The summed E-state index contributed by atoms with van der Waals surface area (Å²) in [4.78, 5) is 2.73. The summed E-state index contributed by atoms with van der Waals surface area (Å²) >= 11 is 1.84. The van der Waals surface area contributed by atoms with Crippen LogP contribution in [0.15, 0.2) is 6.07 Å². The number of aryl methyl sites for hydroxylation is 2. The Morgan fingerprint density at radius 2 is 2.13 bits per heavy atom. The van der Waals surface area contributed by atoms with Crippen molar-refractivity contribution in [1.82, 2.24) is 5.32 Å². The second-order valence-electron chi connectivity index (χ2n) is 4.04. The number of hydrogen-bond donors (Lipinski definition) is 2. The van der Waals surface area contributed by atoms with E-state index in [1.54, 1.807) is 0 Å². The van der Waals surface area contributed by atoms with Crippen LogP contribution >= 0.6 is 11.3 Å². The number of nitrogens with one attached hydrogen (secondary N) is 1. The van der Waals surface area contributed by atoms with Gasteiger partial charge in [0.2, 0.25) is 0 Å². The van der Waals surface area contributed by atoms with Crippen LogP contribution in [0.2, 0.25) is 0 Å². The lowest BCUT2D eigenvalue weighted by Gasteiger charge is -2.20. The monoisotopic (exact) mass is 227 g/mol. The van der Waals surface area contributed by atoms with Gasteiger partial charge in [-0.1, -0.05) is 6.92 Å². The average molecular weight is 227 g/mol. The Morgan fingerprint density at radius 3 is 2.53 bits per heavy atom. The molecule has 1 rings (SSSR count). The molecule has 1 unspecified atom stereocenters. The van der Waals surface area contributed by atoms with Gasteiger partial charge in [0.05, 0.1) is 6.61 Å². The number of aliphatic hydroxyl groups is 1. The van der Waals surface area contributed by atoms with E-state index in [1.165, 1.54) is 15.3 Å². The highest BCUT2D eigenvalue weighted by molar-refractivity contribution is 7.12. The van der Waals surface area contributed by atoms with E-state index in [-0.39, 0.29) is 12.6 Å². The van der Waals surface area contributed by atoms with Crippen molar-refractivity contribution in [2.75, 3.05) is 6.61 Å². The van der Waals surface area contributed by atoms with Crippen molar-refractivity contribution in [3.05, 3.63) is 21.4 Å². The molecule has 15 heavy (non-hydrogen) atoms. The maximum atomic E-state index is 9.14. The Hall–Kier alpha value is -0.380. The fourth-order valence-corrected chi connectivity index (χ4v) is 2.85. The van der Waals surface area contributed by atoms with E-state index in [0.29, 0.717) is 6.04 Å². The van der Waals surface area contributed by atoms with Gasteiger partial charge in [0, 0.05) is 21.8 Å². The van der Waals surface area contributed by atoms with Crippen LogP contribution < -0.4 is 5.32 Å². The Morgan fingerprint density at radius 1 is 1.47 bits per heavy atom. The van der Waals surface area contributed by atoms with Crippen LogP contribution in [0.5, 0.6) is 0 Å². The van der Waals surface area contributed by atoms with Crippen molar-refractivity contribution in [3.8, 4) is 0 Å². The van der Waals surface area contributed by atoms with Gasteiger partial charge in [-0.15, -0.1) is 11.3 Å². The molecule has 0 spiro atoms. The van der Waals surface area contributed by atoms with Gasteiger partial charge in [0.25, 0.3) is 0 Å². The molecule has 0 aliphatic carbocycles. The molecule has 0 saturated carbocycles. The summed E-state index contributed by atoms with van der Waals surface area (Å²) in [6, 6.07) is 2.77. The summed E-state index contributed by atoms with van der Waals surface area (Å²) in [6.07, 6.45) is 0.961. The van der Waals surface area contributed by atoms with Gasteiger partial charge in [0.15, 0.2) is 0 Å². The summed E-state index contributed by atoms with van der Waals surface area (Å²) in [5, 5.41) is 12.6. The van der Waals surface area contributed by atoms with Gasteiger partial charge in [-0.3, -0.25) is 0 Å². The van der Waals surface area contributed by atoms with E-state index in [9.17, 15) is 0 Å². The molecule has 0 saturated heterocycles. The predicted molar refractivity (Wildman–Crippen MR) is 66.5 cm³/mol. The standard InChI is InChI=1S/C12H21NOS/c1-5-11(7-14)13-9(3)12-6-8(2)15-10(12)4/h6,9,11,13-14H,5,7H2,1-4H3/t9?,11-/m1/s1. The van der Waals surface area contributed by atoms with E-state index >= 15 is 0 Å². The number of thiophene rings is 1. The van der Waals surface area contributed by atoms with E-state index in [2.05, 4.69) is 39.1 Å². The molecule has 2 nitrogen and oxygen atoms in total. The van der Waals surface area contributed by atoms with E-state index in [0.717, 1.165) is 6.42 Å². The lowest BCUT2D eigenvalue weighted by molar-refractivity contribution is 0.230. The zero-order valence-corrected chi connectivity index (χ0v) is 10.8. The smallest absolute Gasteiger partial charge is 0.0584 e.